The summed E-state index contributed by atoms with van der Waals surface area (Å²) in [5, 5.41) is 18.6. The molecule has 0 aliphatic carbocycles. The summed E-state index contributed by atoms with van der Waals surface area (Å²) in [6.45, 7) is 3.41. The first-order valence-corrected chi connectivity index (χ1v) is 6.12. The quantitative estimate of drug-likeness (QED) is 0.784. The first-order valence-electron chi connectivity index (χ1n) is 6.12. The maximum atomic E-state index is 13.8. The van der Waals surface area contributed by atoms with Crippen molar-refractivity contribution in [3.63, 3.8) is 0 Å². The fourth-order valence-electron chi connectivity index (χ4n) is 2.68. The summed E-state index contributed by atoms with van der Waals surface area (Å²) < 4.78 is 46.6. The number of halogens is 3. The van der Waals surface area contributed by atoms with E-state index in [1.807, 2.05) is 0 Å². The second kappa shape index (κ2) is 4.91. The minimum atomic E-state index is -4.92. The van der Waals surface area contributed by atoms with Gasteiger partial charge in [-0.05, 0) is 5.56 Å². The molecule has 2 unspecified atom stereocenters. The van der Waals surface area contributed by atoms with Gasteiger partial charge in [-0.3, -0.25) is 0 Å². The second-order valence-electron chi connectivity index (χ2n) is 4.77. The Morgan fingerprint density at radius 3 is 2.24 bits per heavy atom. The molecule has 1 aromatic rings. The normalized spacial score (nSPS) is 27.6. The Balaban J connectivity index is 2.80. The highest BCUT2D eigenvalue weighted by Crippen LogP contribution is 2.60. The number of nitrogens with zero attached hydrogens (tertiary/aromatic N) is 2. The van der Waals surface area contributed by atoms with Crippen LogP contribution in [0.5, 0.6) is 0 Å². The molecule has 2 atom stereocenters. The molecular weight excluding hydrogens is 281 g/mol. The summed E-state index contributed by atoms with van der Waals surface area (Å²) in [5.74, 6) is 0. The Hall–Kier alpha value is -2.31. The predicted molar refractivity (Wildman–Crippen MR) is 67.5 cm³/mol. The van der Waals surface area contributed by atoms with Gasteiger partial charge in [-0.25, -0.2) is 0 Å². The fraction of sp³-hybridized carbons (Fsp3) is 0.333. The number of ether oxygens (including phenoxy) is 1. The van der Waals surface area contributed by atoms with Gasteiger partial charge in [-0.2, -0.15) is 23.7 Å². The molecule has 2 rings (SSSR count). The van der Waals surface area contributed by atoms with Crippen LogP contribution in [0.1, 0.15) is 12.0 Å². The lowest BCUT2D eigenvalue weighted by atomic mass is 9.69. The van der Waals surface area contributed by atoms with Crippen LogP contribution < -0.4 is 0 Å². The zero-order chi connectivity index (χ0) is 15.7. The van der Waals surface area contributed by atoms with Gasteiger partial charge in [-0.15, -0.1) is 6.58 Å². The summed E-state index contributed by atoms with van der Waals surface area (Å²) >= 11 is 0. The van der Waals surface area contributed by atoms with Crippen LogP contribution in [0, 0.1) is 28.1 Å². The number of benzene rings is 1. The maximum absolute atomic E-state index is 13.8. The Morgan fingerprint density at radius 2 is 1.81 bits per heavy atom. The van der Waals surface area contributed by atoms with E-state index in [1.165, 1.54) is 42.5 Å². The Morgan fingerprint density at radius 1 is 1.24 bits per heavy atom. The van der Waals surface area contributed by atoms with Crippen molar-refractivity contribution in [2.45, 2.75) is 24.3 Å². The molecule has 1 aliphatic rings. The van der Waals surface area contributed by atoms with Crippen molar-refractivity contribution in [3.05, 3.63) is 48.6 Å². The molecule has 1 fully saturated rings. The SMILES string of the molecule is C=CC1CC(C#N)(C#N)C(c2ccccc2)(C(F)(F)F)O1. The molecule has 1 saturated heterocycles. The summed E-state index contributed by atoms with van der Waals surface area (Å²) in [7, 11) is 0. The van der Waals surface area contributed by atoms with E-state index in [2.05, 4.69) is 6.58 Å². The van der Waals surface area contributed by atoms with E-state index in [1.54, 1.807) is 6.07 Å². The van der Waals surface area contributed by atoms with Crippen LogP contribution in [0.15, 0.2) is 43.0 Å². The summed E-state index contributed by atoms with van der Waals surface area (Å²) in [5.41, 5.74) is -5.60. The van der Waals surface area contributed by atoms with E-state index in [0.717, 1.165) is 0 Å². The largest absolute Gasteiger partial charge is 0.424 e. The van der Waals surface area contributed by atoms with Gasteiger partial charge in [0.2, 0.25) is 5.60 Å². The molecular formula is C15H11F3N2O. The van der Waals surface area contributed by atoms with Gasteiger partial charge < -0.3 is 4.74 Å². The van der Waals surface area contributed by atoms with Crippen LogP contribution in [0.25, 0.3) is 0 Å². The van der Waals surface area contributed by atoms with Crippen molar-refractivity contribution in [3.8, 4) is 12.1 Å². The van der Waals surface area contributed by atoms with Gasteiger partial charge in [0.25, 0.3) is 0 Å². The third kappa shape index (κ3) is 1.91. The highest BCUT2D eigenvalue weighted by Gasteiger charge is 2.74. The van der Waals surface area contributed by atoms with Gasteiger partial charge in [0.15, 0.2) is 5.41 Å². The third-order valence-corrected chi connectivity index (χ3v) is 3.66. The van der Waals surface area contributed by atoms with E-state index in [4.69, 9.17) is 4.74 Å². The molecule has 1 aromatic carbocycles. The minimum Gasteiger partial charge on any atom is -0.351 e. The van der Waals surface area contributed by atoms with Crippen LogP contribution in [0.4, 0.5) is 13.2 Å². The zero-order valence-electron chi connectivity index (χ0n) is 10.9. The highest BCUT2D eigenvalue weighted by atomic mass is 19.4. The highest BCUT2D eigenvalue weighted by molar-refractivity contribution is 5.39. The molecule has 0 radical (unpaired) electrons. The number of hydrogen-bond acceptors (Lipinski definition) is 3. The van der Waals surface area contributed by atoms with Crippen molar-refractivity contribution in [2.24, 2.45) is 5.41 Å². The molecule has 0 saturated carbocycles. The van der Waals surface area contributed by atoms with Crippen LogP contribution in [-0.4, -0.2) is 12.3 Å². The second-order valence-corrected chi connectivity index (χ2v) is 4.77. The molecule has 3 nitrogen and oxygen atoms in total. The molecule has 0 N–H and O–H groups in total. The molecule has 108 valence electrons. The molecule has 6 heteroatoms. The molecule has 1 aliphatic heterocycles. The average molecular weight is 292 g/mol. The molecule has 0 bridgehead atoms. The average Bonchev–Trinajstić information content (AvgIpc) is 2.84. The van der Waals surface area contributed by atoms with Crippen molar-refractivity contribution in [2.75, 3.05) is 0 Å². The summed E-state index contributed by atoms with van der Waals surface area (Å²) in [6, 6.07) is 9.86. The van der Waals surface area contributed by atoms with Gasteiger partial charge in [-0.1, -0.05) is 36.4 Å². The van der Waals surface area contributed by atoms with E-state index in [9.17, 15) is 23.7 Å². The topological polar surface area (TPSA) is 56.8 Å². The number of nitriles is 2. The van der Waals surface area contributed by atoms with Gasteiger partial charge in [0.1, 0.15) is 0 Å². The predicted octanol–water partition coefficient (Wildman–Crippen LogP) is 3.45. The monoisotopic (exact) mass is 292 g/mol. The Bertz CT molecular complexity index is 613. The van der Waals surface area contributed by atoms with E-state index in [-0.39, 0.29) is 12.0 Å². The van der Waals surface area contributed by atoms with Gasteiger partial charge >= 0.3 is 6.18 Å². The van der Waals surface area contributed by atoms with Crippen LogP contribution >= 0.6 is 0 Å². The van der Waals surface area contributed by atoms with Crippen molar-refractivity contribution < 1.29 is 17.9 Å². The molecule has 0 spiro atoms. The van der Waals surface area contributed by atoms with Crippen molar-refractivity contribution in [1.82, 2.24) is 0 Å². The van der Waals surface area contributed by atoms with E-state index in [0.29, 0.717) is 0 Å². The number of rotatable bonds is 2. The molecule has 0 aromatic heterocycles. The Kier molecular flexibility index (Phi) is 3.52. The minimum absolute atomic E-state index is 0.259. The lowest BCUT2D eigenvalue weighted by Crippen LogP contribution is -2.52. The molecule has 1 heterocycles. The van der Waals surface area contributed by atoms with Crippen molar-refractivity contribution in [1.29, 1.82) is 10.5 Å². The number of alkyl halides is 3. The summed E-state index contributed by atoms with van der Waals surface area (Å²) in [4.78, 5) is 0. The summed E-state index contributed by atoms with van der Waals surface area (Å²) in [6.07, 6.45) is -5.14. The number of hydrogen-bond donors (Lipinski definition) is 0. The molecule has 0 amide bonds. The van der Waals surface area contributed by atoms with Crippen LogP contribution in [0.3, 0.4) is 0 Å². The maximum Gasteiger partial charge on any atom is 0.424 e. The van der Waals surface area contributed by atoms with E-state index >= 15 is 0 Å². The Labute approximate surface area is 119 Å². The zero-order valence-corrected chi connectivity index (χ0v) is 10.9. The van der Waals surface area contributed by atoms with Crippen LogP contribution in [-0.2, 0) is 10.3 Å². The lowest BCUT2D eigenvalue weighted by Gasteiger charge is -2.37. The lowest BCUT2D eigenvalue weighted by molar-refractivity contribution is -0.291. The van der Waals surface area contributed by atoms with Gasteiger partial charge in [0, 0.05) is 6.42 Å². The van der Waals surface area contributed by atoms with E-state index < -0.39 is 23.3 Å². The third-order valence-electron chi connectivity index (χ3n) is 3.66. The van der Waals surface area contributed by atoms with Crippen LogP contribution in [0.2, 0.25) is 0 Å². The van der Waals surface area contributed by atoms with Crippen molar-refractivity contribution >= 4 is 0 Å². The van der Waals surface area contributed by atoms with Gasteiger partial charge in [0.05, 0.1) is 18.2 Å². The first-order chi connectivity index (χ1) is 9.87. The first kappa shape index (κ1) is 15.1. The smallest absolute Gasteiger partial charge is 0.351 e. The standard InChI is InChI=1S/C15H11F3N2O/c1-2-12-8-13(9-19,10-20)14(21-12,15(16,17)18)11-6-4-3-5-7-11/h2-7,12H,1,8H2. The molecule has 21 heavy (non-hydrogen) atoms. The fourth-order valence-corrected chi connectivity index (χ4v) is 2.68.